The first-order valence-electron chi connectivity index (χ1n) is 4.79. The first-order valence-corrected chi connectivity index (χ1v) is 5.17. The fraction of sp³-hybridized carbons (Fsp3) is 0.300. The van der Waals surface area contributed by atoms with E-state index in [2.05, 4.69) is 10.5 Å². The summed E-state index contributed by atoms with van der Waals surface area (Å²) in [5, 5.41) is 14.2. The molecule has 7 heteroatoms. The summed E-state index contributed by atoms with van der Waals surface area (Å²) in [6.07, 6.45) is -2.40. The van der Waals surface area contributed by atoms with Crippen molar-refractivity contribution in [3.05, 3.63) is 34.3 Å². The fourth-order valence-corrected chi connectivity index (χ4v) is 1.47. The van der Waals surface area contributed by atoms with Gasteiger partial charge in [-0.15, -0.1) is 0 Å². The molecule has 4 N–H and O–H groups in total. The molecule has 0 aromatic heterocycles. The third-order valence-electron chi connectivity index (χ3n) is 2.07. The highest BCUT2D eigenvalue weighted by molar-refractivity contribution is 6.31. The van der Waals surface area contributed by atoms with Gasteiger partial charge in [0.15, 0.2) is 5.84 Å². The summed E-state index contributed by atoms with van der Waals surface area (Å²) in [6, 6.07) is 4.74. The van der Waals surface area contributed by atoms with E-state index >= 15 is 0 Å². The van der Waals surface area contributed by atoms with Crippen LogP contribution in [0.1, 0.15) is 11.1 Å². The van der Waals surface area contributed by atoms with E-state index in [4.69, 9.17) is 22.5 Å². The van der Waals surface area contributed by atoms with Crippen molar-refractivity contribution in [2.45, 2.75) is 13.0 Å². The highest BCUT2D eigenvalue weighted by atomic mass is 35.5. The number of hydrogen-bond acceptors (Lipinski definition) is 3. The van der Waals surface area contributed by atoms with E-state index in [1.54, 1.807) is 12.1 Å². The maximum absolute atomic E-state index is 11.9. The van der Waals surface area contributed by atoms with E-state index in [9.17, 15) is 8.78 Å². The first kappa shape index (κ1) is 13.7. The highest BCUT2D eigenvalue weighted by Gasteiger charge is 2.06. The number of halogens is 3. The van der Waals surface area contributed by atoms with E-state index in [1.165, 1.54) is 6.07 Å². The molecular weight excluding hydrogens is 252 g/mol. The van der Waals surface area contributed by atoms with Gasteiger partial charge in [-0.2, -0.15) is 0 Å². The molecule has 0 heterocycles. The van der Waals surface area contributed by atoms with Crippen molar-refractivity contribution in [3.8, 4) is 0 Å². The smallest absolute Gasteiger partial charge is 0.250 e. The lowest BCUT2D eigenvalue weighted by atomic mass is 10.1. The third kappa shape index (κ3) is 4.16. The van der Waals surface area contributed by atoms with Crippen LogP contribution in [0.3, 0.4) is 0 Å². The Kier molecular flexibility index (Phi) is 5.11. The number of amidine groups is 1. The van der Waals surface area contributed by atoms with Crippen LogP contribution in [0.4, 0.5) is 8.78 Å². The molecule has 0 spiro atoms. The van der Waals surface area contributed by atoms with Gasteiger partial charge in [-0.05, 0) is 11.6 Å². The zero-order valence-corrected chi connectivity index (χ0v) is 9.59. The molecule has 0 saturated heterocycles. The number of hydrogen-bond donors (Lipinski definition) is 3. The average Bonchev–Trinajstić information content (AvgIpc) is 2.29. The predicted molar refractivity (Wildman–Crippen MR) is 61.7 cm³/mol. The summed E-state index contributed by atoms with van der Waals surface area (Å²) >= 11 is 5.93. The fourth-order valence-electron chi connectivity index (χ4n) is 1.22. The van der Waals surface area contributed by atoms with E-state index in [0.29, 0.717) is 16.1 Å². The van der Waals surface area contributed by atoms with E-state index < -0.39 is 13.0 Å². The number of oxime groups is 1. The molecule has 4 nitrogen and oxygen atoms in total. The van der Waals surface area contributed by atoms with Gasteiger partial charge in [0.05, 0.1) is 6.54 Å². The number of nitrogens with one attached hydrogen (secondary N) is 1. The molecule has 0 unspecified atom stereocenters. The topological polar surface area (TPSA) is 70.6 Å². The summed E-state index contributed by atoms with van der Waals surface area (Å²) in [4.78, 5) is 0. The van der Waals surface area contributed by atoms with E-state index in [1.807, 2.05) is 0 Å². The van der Waals surface area contributed by atoms with Crippen LogP contribution in [0.25, 0.3) is 0 Å². The lowest BCUT2D eigenvalue weighted by Gasteiger charge is -2.07. The molecule has 0 aliphatic heterocycles. The van der Waals surface area contributed by atoms with Crippen LogP contribution in [-0.2, 0) is 6.54 Å². The van der Waals surface area contributed by atoms with Crippen LogP contribution >= 0.6 is 11.6 Å². The summed E-state index contributed by atoms with van der Waals surface area (Å²) in [5.74, 6) is -0.0565. The average molecular weight is 264 g/mol. The van der Waals surface area contributed by atoms with Crippen LogP contribution in [0.2, 0.25) is 5.02 Å². The molecule has 0 fully saturated rings. The molecule has 0 bridgehead atoms. The quantitative estimate of drug-likeness (QED) is 0.328. The van der Waals surface area contributed by atoms with Crippen molar-refractivity contribution >= 4 is 17.4 Å². The summed E-state index contributed by atoms with van der Waals surface area (Å²) < 4.78 is 23.8. The Balaban J connectivity index is 2.70. The van der Waals surface area contributed by atoms with Crippen LogP contribution in [0, 0.1) is 0 Å². The summed E-state index contributed by atoms with van der Waals surface area (Å²) in [7, 11) is 0. The SMILES string of the molecule is N/C(=N/O)c1ccc(CNCC(F)F)c(Cl)c1. The highest BCUT2D eigenvalue weighted by Crippen LogP contribution is 2.17. The number of rotatable bonds is 5. The summed E-state index contributed by atoms with van der Waals surface area (Å²) in [5.41, 5.74) is 6.52. The Labute approximate surface area is 102 Å². The zero-order chi connectivity index (χ0) is 12.8. The normalized spacial score (nSPS) is 12.1. The zero-order valence-electron chi connectivity index (χ0n) is 8.83. The van der Waals surface area contributed by atoms with Crippen molar-refractivity contribution in [2.24, 2.45) is 10.9 Å². The number of benzene rings is 1. The maximum atomic E-state index is 11.9. The van der Waals surface area contributed by atoms with E-state index in [0.717, 1.165) is 0 Å². The summed E-state index contributed by atoms with van der Waals surface area (Å²) in [6.45, 7) is -0.155. The van der Waals surface area contributed by atoms with Crippen molar-refractivity contribution in [1.82, 2.24) is 5.32 Å². The molecule has 1 aromatic rings. The van der Waals surface area contributed by atoms with Gasteiger partial charge in [-0.3, -0.25) is 0 Å². The Morgan fingerprint density at radius 2 is 2.24 bits per heavy atom. The Morgan fingerprint density at radius 3 is 2.76 bits per heavy atom. The van der Waals surface area contributed by atoms with Crippen LogP contribution in [0.5, 0.6) is 0 Å². The largest absolute Gasteiger partial charge is 0.409 e. The van der Waals surface area contributed by atoms with Gasteiger partial charge in [0, 0.05) is 17.1 Å². The second-order valence-electron chi connectivity index (χ2n) is 3.31. The van der Waals surface area contributed by atoms with Gasteiger partial charge in [0.2, 0.25) is 0 Å². The van der Waals surface area contributed by atoms with Crippen LogP contribution < -0.4 is 11.1 Å². The molecule has 0 radical (unpaired) electrons. The van der Waals surface area contributed by atoms with Crippen LogP contribution in [-0.4, -0.2) is 24.0 Å². The lowest BCUT2D eigenvalue weighted by molar-refractivity contribution is 0.145. The van der Waals surface area contributed by atoms with Crippen molar-refractivity contribution in [1.29, 1.82) is 0 Å². The third-order valence-corrected chi connectivity index (χ3v) is 2.42. The maximum Gasteiger partial charge on any atom is 0.250 e. The van der Waals surface area contributed by atoms with Gasteiger partial charge in [0.1, 0.15) is 0 Å². The standard InChI is InChI=1S/C10H12ClF2N3O/c11-8-3-6(10(14)16-17)1-2-7(8)4-15-5-9(12)13/h1-3,9,15,17H,4-5H2,(H2,14,16). The Bertz CT molecular complexity index is 413. The van der Waals surface area contributed by atoms with Gasteiger partial charge in [-0.25, -0.2) is 8.78 Å². The minimum Gasteiger partial charge on any atom is -0.409 e. The second kappa shape index (κ2) is 6.36. The molecule has 0 amide bonds. The molecule has 0 aliphatic rings. The number of alkyl halides is 2. The van der Waals surface area contributed by atoms with Crippen LogP contribution in [0.15, 0.2) is 23.4 Å². The lowest BCUT2D eigenvalue weighted by Crippen LogP contribution is -2.21. The van der Waals surface area contributed by atoms with Crippen molar-refractivity contribution in [2.75, 3.05) is 6.54 Å². The molecule has 94 valence electrons. The molecule has 1 rings (SSSR count). The molecule has 0 saturated carbocycles. The Morgan fingerprint density at radius 1 is 1.53 bits per heavy atom. The van der Waals surface area contributed by atoms with Crippen molar-refractivity contribution < 1.29 is 14.0 Å². The van der Waals surface area contributed by atoms with Crippen molar-refractivity contribution in [3.63, 3.8) is 0 Å². The molecule has 0 aliphatic carbocycles. The van der Waals surface area contributed by atoms with Gasteiger partial charge in [-0.1, -0.05) is 28.9 Å². The minimum atomic E-state index is -2.40. The van der Waals surface area contributed by atoms with E-state index in [-0.39, 0.29) is 12.4 Å². The first-order chi connectivity index (χ1) is 8.04. The molecular formula is C10H12ClF2N3O. The van der Waals surface area contributed by atoms with Gasteiger partial charge < -0.3 is 16.3 Å². The minimum absolute atomic E-state index is 0.0565. The molecule has 0 atom stereocenters. The second-order valence-corrected chi connectivity index (χ2v) is 3.72. The number of nitrogens with two attached hydrogens (primary N) is 1. The predicted octanol–water partition coefficient (Wildman–Crippen LogP) is 1.79. The Hall–Kier alpha value is -1.40. The monoisotopic (exact) mass is 263 g/mol. The number of nitrogens with zero attached hydrogens (tertiary/aromatic N) is 1. The van der Waals surface area contributed by atoms with Gasteiger partial charge in [0.25, 0.3) is 6.43 Å². The molecule has 17 heavy (non-hydrogen) atoms. The van der Waals surface area contributed by atoms with Gasteiger partial charge >= 0.3 is 0 Å². The molecule has 1 aromatic carbocycles.